The third kappa shape index (κ3) is 38.3. The number of hydrogen-bond acceptors (Lipinski definition) is 6. The first-order chi connectivity index (χ1) is 24.3. The SMILES string of the molecule is CC/C=C\C/C=C\C/C=C\C/C=C\C/C=C\CCCCCC(=O)OC[C@H](COP(=O)(O)O)OC(=O)CCCCCCC/C=C\CCCCCC. The van der Waals surface area contributed by atoms with Crippen molar-refractivity contribution in [3.8, 4) is 0 Å². The molecule has 0 amide bonds. The van der Waals surface area contributed by atoms with Crippen molar-refractivity contribution in [3.63, 3.8) is 0 Å². The first kappa shape index (κ1) is 47.5. The lowest BCUT2D eigenvalue weighted by atomic mass is 10.1. The first-order valence-corrected chi connectivity index (χ1v) is 20.8. The van der Waals surface area contributed by atoms with Crippen LogP contribution in [0.5, 0.6) is 0 Å². The molecule has 0 saturated carbocycles. The van der Waals surface area contributed by atoms with Crippen molar-refractivity contribution >= 4 is 19.8 Å². The molecule has 286 valence electrons. The molecule has 0 aromatic carbocycles. The number of ether oxygens (including phenoxy) is 2. The van der Waals surface area contributed by atoms with Gasteiger partial charge in [-0.05, 0) is 83.5 Å². The second-order valence-electron chi connectivity index (χ2n) is 12.5. The third-order valence-corrected chi connectivity index (χ3v) is 8.19. The molecule has 0 bridgehead atoms. The molecule has 8 nitrogen and oxygen atoms in total. The third-order valence-electron chi connectivity index (χ3n) is 7.71. The molecule has 0 radical (unpaired) electrons. The van der Waals surface area contributed by atoms with Gasteiger partial charge in [-0.25, -0.2) is 4.57 Å². The molecule has 9 heteroatoms. The lowest BCUT2D eigenvalue weighted by Crippen LogP contribution is -2.29. The summed E-state index contributed by atoms with van der Waals surface area (Å²) < 4.78 is 26.3. The molecule has 50 heavy (non-hydrogen) atoms. The number of allylic oxidation sites excluding steroid dienone is 12. The molecule has 0 fully saturated rings. The number of esters is 2. The zero-order valence-electron chi connectivity index (χ0n) is 31.3. The van der Waals surface area contributed by atoms with E-state index >= 15 is 0 Å². The van der Waals surface area contributed by atoms with Gasteiger partial charge in [0.15, 0.2) is 6.10 Å². The molecule has 1 atom stereocenters. The van der Waals surface area contributed by atoms with Crippen LogP contribution in [0.25, 0.3) is 0 Å². The second kappa shape index (κ2) is 36.3. The second-order valence-corrected chi connectivity index (χ2v) is 13.8. The van der Waals surface area contributed by atoms with Gasteiger partial charge in [0.2, 0.25) is 0 Å². The Balaban J connectivity index is 4.05. The van der Waals surface area contributed by atoms with Gasteiger partial charge in [-0.15, -0.1) is 0 Å². The molecule has 0 unspecified atom stereocenters. The number of carbonyl (C=O) groups excluding carboxylic acids is 2. The summed E-state index contributed by atoms with van der Waals surface area (Å²) in [6.45, 7) is 3.50. The van der Waals surface area contributed by atoms with Gasteiger partial charge in [-0.2, -0.15) is 0 Å². The molecule has 0 aliphatic heterocycles. The largest absolute Gasteiger partial charge is 0.469 e. The molecule has 2 N–H and O–H groups in total. The Hall–Kier alpha value is -2.51. The monoisotopic (exact) mass is 720 g/mol. The van der Waals surface area contributed by atoms with E-state index in [0.717, 1.165) is 89.9 Å². The maximum atomic E-state index is 12.3. The number of phosphoric ester groups is 1. The van der Waals surface area contributed by atoms with E-state index in [1.54, 1.807) is 0 Å². The van der Waals surface area contributed by atoms with E-state index in [4.69, 9.17) is 19.3 Å². The van der Waals surface area contributed by atoms with Crippen molar-refractivity contribution in [3.05, 3.63) is 72.9 Å². The number of rotatable bonds is 34. The van der Waals surface area contributed by atoms with Crippen LogP contribution in [0.3, 0.4) is 0 Å². The van der Waals surface area contributed by atoms with Gasteiger partial charge in [0.25, 0.3) is 0 Å². The number of unbranched alkanes of at least 4 members (excludes halogenated alkanes) is 12. The van der Waals surface area contributed by atoms with Crippen LogP contribution in [-0.2, 0) is 28.2 Å². The quantitative estimate of drug-likeness (QED) is 0.0292. The predicted molar refractivity (Wildman–Crippen MR) is 207 cm³/mol. The summed E-state index contributed by atoms with van der Waals surface area (Å²) in [6, 6.07) is 0. The van der Waals surface area contributed by atoms with Gasteiger partial charge in [0.05, 0.1) is 6.61 Å². The van der Waals surface area contributed by atoms with Crippen molar-refractivity contribution < 1.29 is 37.9 Å². The van der Waals surface area contributed by atoms with Crippen molar-refractivity contribution in [1.29, 1.82) is 0 Å². The summed E-state index contributed by atoms with van der Waals surface area (Å²) in [4.78, 5) is 42.7. The zero-order chi connectivity index (χ0) is 36.8. The molecular formula is C41H69O8P. The Morgan fingerprint density at radius 3 is 1.48 bits per heavy atom. The predicted octanol–water partition coefficient (Wildman–Crippen LogP) is 11.5. The van der Waals surface area contributed by atoms with E-state index in [-0.39, 0.29) is 19.4 Å². The Morgan fingerprint density at radius 2 is 0.960 bits per heavy atom. The minimum Gasteiger partial charge on any atom is -0.462 e. The average molecular weight is 721 g/mol. The fourth-order valence-electron chi connectivity index (χ4n) is 4.86. The lowest BCUT2D eigenvalue weighted by Gasteiger charge is -2.18. The Labute approximate surface area is 304 Å². The van der Waals surface area contributed by atoms with Gasteiger partial charge in [0, 0.05) is 12.8 Å². The van der Waals surface area contributed by atoms with E-state index in [0.29, 0.717) is 12.8 Å². The van der Waals surface area contributed by atoms with Gasteiger partial charge < -0.3 is 19.3 Å². The van der Waals surface area contributed by atoms with Gasteiger partial charge >= 0.3 is 19.8 Å². The molecule has 0 spiro atoms. The normalized spacial score (nSPS) is 13.3. The zero-order valence-corrected chi connectivity index (χ0v) is 32.2. The van der Waals surface area contributed by atoms with E-state index < -0.39 is 32.5 Å². The minimum atomic E-state index is -4.76. The van der Waals surface area contributed by atoms with Crippen molar-refractivity contribution in [2.75, 3.05) is 13.2 Å². The van der Waals surface area contributed by atoms with Crippen molar-refractivity contribution in [1.82, 2.24) is 0 Å². The number of phosphoric acid groups is 1. The fraction of sp³-hybridized carbons (Fsp3) is 0.659. The topological polar surface area (TPSA) is 119 Å². The summed E-state index contributed by atoms with van der Waals surface area (Å²) in [7, 11) is -4.76. The maximum Gasteiger partial charge on any atom is 0.469 e. The smallest absolute Gasteiger partial charge is 0.462 e. The van der Waals surface area contributed by atoms with Crippen molar-refractivity contribution in [2.24, 2.45) is 0 Å². The van der Waals surface area contributed by atoms with E-state index in [1.165, 1.54) is 25.7 Å². The van der Waals surface area contributed by atoms with E-state index in [9.17, 15) is 14.2 Å². The van der Waals surface area contributed by atoms with Crippen LogP contribution in [0.2, 0.25) is 0 Å². The van der Waals surface area contributed by atoms with Crippen LogP contribution in [0.4, 0.5) is 0 Å². The molecule has 0 heterocycles. The van der Waals surface area contributed by atoms with Crippen LogP contribution in [0.1, 0.15) is 155 Å². The van der Waals surface area contributed by atoms with Crippen LogP contribution in [0.15, 0.2) is 72.9 Å². The highest BCUT2D eigenvalue weighted by atomic mass is 31.2. The summed E-state index contributed by atoms with van der Waals surface area (Å²) in [5.74, 6) is -0.940. The molecular weight excluding hydrogens is 651 g/mol. The average Bonchev–Trinajstić information content (AvgIpc) is 3.08. The molecule has 0 aliphatic rings. The highest BCUT2D eigenvalue weighted by molar-refractivity contribution is 7.46. The van der Waals surface area contributed by atoms with E-state index in [2.05, 4.69) is 91.3 Å². The highest BCUT2D eigenvalue weighted by Gasteiger charge is 2.22. The maximum absolute atomic E-state index is 12.3. The van der Waals surface area contributed by atoms with E-state index in [1.807, 2.05) is 0 Å². The molecule has 0 rings (SSSR count). The molecule has 0 aromatic rings. The Bertz CT molecular complexity index is 1040. The fourth-order valence-corrected chi connectivity index (χ4v) is 5.22. The van der Waals surface area contributed by atoms with Crippen LogP contribution in [-0.4, -0.2) is 41.0 Å². The standard InChI is InChI=1S/C41H69O8P/c1-3-5-7-9-11-13-15-17-18-19-20-21-22-24-25-27-29-31-33-35-40(42)47-37-39(38-48-50(44,45)46)49-41(43)36-34-32-30-28-26-23-16-14-12-10-8-6-4-2/h5,7,11,13-14,16-18,20-21,24-25,39H,3-4,6,8-10,12,15,19,22-23,26-38H2,1-2H3,(H2,44,45,46)/b7-5-,13-11-,16-14-,18-17-,21-20-,25-24-/t39-/m1/s1. The van der Waals surface area contributed by atoms with Crippen LogP contribution < -0.4 is 0 Å². The van der Waals surface area contributed by atoms with Crippen LogP contribution in [0, 0.1) is 0 Å². The van der Waals surface area contributed by atoms with Crippen LogP contribution >= 0.6 is 7.82 Å². The van der Waals surface area contributed by atoms with Gasteiger partial charge in [-0.1, -0.05) is 132 Å². The Morgan fingerprint density at radius 1 is 0.540 bits per heavy atom. The first-order valence-electron chi connectivity index (χ1n) is 19.2. The summed E-state index contributed by atoms with van der Waals surface area (Å²) in [6.07, 6.45) is 46.2. The minimum absolute atomic E-state index is 0.190. The van der Waals surface area contributed by atoms with Gasteiger partial charge in [0.1, 0.15) is 6.61 Å². The Kier molecular flexibility index (Phi) is 34.5. The number of hydrogen-bond donors (Lipinski definition) is 2. The molecule has 0 aromatic heterocycles. The van der Waals surface area contributed by atoms with Crippen molar-refractivity contribution in [2.45, 2.75) is 161 Å². The molecule has 0 aliphatic carbocycles. The highest BCUT2D eigenvalue weighted by Crippen LogP contribution is 2.36. The van der Waals surface area contributed by atoms with Gasteiger partial charge in [-0.3, -0.25) is 14.1 Å². The summed E-state index contributed by atoms with van der Waals surface area (Å²) in [5.41, 5.74) is 0. The molecule has 0 saturated heterocycles. The number of carbonyl (C=O) groups is 2. The lowest BCUT2D eigenvalue weighted by molar-refractivity contribution is -0.161. The summed E-state index contributed by atoms with van der Waals surface area (Å²) >= 11 is 0. The summed E-state index contributed by atoms with van der Waals surface area (Å²) in [5, 5.41) is 0.